The van der Waals surface area contributed by atoms with E-state index >= 15 is 0 Å². The molecule has 0 saturated carbocycles. The highest BCUT2D eigenvalue weighted by molar-refractivity contribution is 8.16. The molecule has 2 heterocycles. The van der Waals surface area contributed by atoms with Gasteiger partial charge in [-0.1, -0.05) is 72.4 Å². The maximum absolute atomic E-state index is 12.7. The minimum Gasteiger partial charge on any atom is -0.276 e. The summed E-state index contributed by atoms with van der Waals surface area (Å²) in [7, 11) is 0. The number of hydrogen-bond acceptors (Lipinski definition) is 4. The summed E-state index contributed by atoms with van der Waals surface area (Å²) in [6, 6.07) is 18.3. The quantitative estimate of drug-likeness (QED) is 0.805. The van der Waals surface area contributed by atoms with Gasteiger partial charge >= 0.3 is 6.03 Å². The van der Waals surface area contributed by atoms with Crippen LogP contribution in [0, 0.1) is 5.41 Å². The maximum atomic E-state index is 12.7. The van der Waals surface area contributed by atoms with Crippen molar-refractivity contribution in [3.05, 3.63) is 83.9 Å². The van der Waals surface area contributed by atoms with Crippen molar-refractivity contribution in [2.24, 2.45) is 5.41 Å². The molecule has 2 aromatic carbocycles. The van der Waals surface area contributed by atoms with E-state index in [0.29, 0.717) is 0 Å². The summed E-state index contributed by atoms with van der Waals surface area (Å²) < 4.78 is 0. The summed E-state index contributed by atoms with van der Waals surface area (Å²) in [5.74, 6) is -1.29. The number of rotatable bonds is 2. The van der Waals surface area contributed by atoms with Crippen molar-refractivity contribution >= 4 is 39.4 Å². The summed E-state index contributed by atoms with van der Waals surface area (Å²) in [5, 5.41) is 4.41. The van der Waals surface area contributed by atoms with Crippen molar-refractivity contribution in [2.45, 2.75) is 0 Å². The first-order valence-electron chi connectivity index (χ1n) is 8.00. The molecule has 4 amide bonds. The minimum atomic E-state index is -1.56. The topological polar surface area (TPSA) is 75.3 Å². The average Bonchev–Trinajstić information content (AvgIpc) is 2.67. The number of hydrogen-bond donors (Lipinski definition) is 2. The van der Waals surface area contributed by atoms with Crippen LogP contribution in [0.1, 0.15) is 11.1 Å². The van der Waals surface area contributed by atoms with Crippen molar-refractivity contribution in [3.63, 3.8) is 0 Å². The molecule has 2 N–H and O–H groups in total. The van der Waals surface area contributed by atoms with Gasteiger partial charge in [0.1, 0.15) is 0 Å². The zero-order valence-corrected chi connectivity index (χ0v) is 14.4. The molecule has 0 radical (unpaired) electrons. The van der Waals surface area contributed by atoms with Gasteiger partial charge in [0, 0.05) is 9.81 Å². The zero-order valence-electron chi connectivity index (χ0n) is 13.6. The van der Waals surface area contributed by atoms with Crippen molar-refractivity contribution < 1.29 is 14.4 Å². The average molecular weight is 362 g/mol. The number of thioether (sulfide) groups is 1. The van der Waals surface area contributed by atoms with Gasteiger partial charge in [0.15, 0.2) is 5.41 Å². The van der Waals surface area contributed by atoms with Gasteiger partial charge in [-0.2, -0.15) is 0 Å². The van der Waals surface area contributed by atoms with Crippen LogP contribution in [0.5, 0.6) is 0 Å². The molecule has 1 spiro atoms. The fourth-order valence-corrected chi connectivity index (χ4v) is 4.17. The third kappa shape index (κ3) is 2.74. The molecule has 4 rings (SSSR count). The largest absolute Gasteiger partial charge is 0.328 e. The van der Waals surface area contributed by atoms with Crippen molar-refractivity contribution in [3.8, 4) is 0 Å². The fraction of sp³-hybridized carbons (Fsp3) is 0.0500. The maximum Gasteiger partial charge on any atom is 0.328 e. The van der Waals surface area contributed by atoms with Crippen LogP contribution in [-0.4, -0.2) is 17.8 Å². The SMILES string of the molecule is O=C1NC(=O)C2(C=C(c3ccccc3)SC(c3ccccc3)=C2)C(=O)N1. The molecular weight excluding hydrogens is 348 g/mol. The second-order valence-electron chi connectivity index (χ2n) is 5.96. The molecule has 0 aliphatic carbocycles. The summed E-state index contributed by atoms with van der Waals surface area (Å²) in [6.07, 6.45) is 3.24. The zero-order chi connectivity index (χ0) is 18.1. The third-order valence-electron chi connectivity index (χ3n) is 4.26. The van der Waals surface area contributed by atoms with Gasteiger partial charge in [-0.3, -0.25) is 20.2 Å². The number of barbiturate groups is 1. The van der Waals surface area contributed by atoms with E-state index in [2.05, 4.69) is 10.6 Å². The second-order valence-corrected chi connectivity index (χ2v) is 7.04. The van der Waals surface area contributed by atoms with E-state index in [4.69, 9.17) is 0 Å². The lowest BCUT2D eigenvalue weighted by atomic mass is 9.82. The standard InChI is InChI=1S/C20H14N2O3S/c23-17-20(18(24)22-19(25)21-17)11-15(13-7-3-1-4-8-13)26-16(12-20)14-9-5-2-6-10-14/h1-12H,(H2,21,22,23,24,25). The van der Waals surface area contributed by atoms with Crippen molar-refractivity contribution in [2.75, 3.05) is 0 Å². The van der Waals surface area contributed by atoms with Crippen LogP contribution < -0.4 is 10.6 Å². The molecule has 128 valence electrons. The third-order valence-corrected chi connectivity index (χ3v) is 5.41. The van der Waals surface area contributed by atoms with Crippen LogP contribution >= 0.6 is 11.8 Å². The molecule has 0 aromatic heterocycles. The van der Waals surface area contributed by atoms with E-state index in [-0.39, 0.29) is 0 Å². The molecule has 1 saturated heterocycles. The van der Waals surface area contributed by atoms with Gasteiger partial charge in [0.2, 0.25) is 0 Å². The van der Waals surface area contributed by atoms with E-state index in [1.54, 1.807) is 12.2 Å². The van der Waals surface area contributed by atoms with Gasteiger partial charge in [-0.05, 0) is 23.3 Å². The predicted octanol–water partition coefficient (Wildman–Crippen LogP) is 3.17. The lowest BCUT2D eigenvalue weighted by molar-refractivity contribution is -0.138. The number of nitrogens with one attached hydrogen (secondary N) is 2. The summed E-state index contributed by atoms with van der Waals surface area (Å²) in [5.41, 5.74) is 0.238. The van der Waals surface area contributed by atoms with Crippen LogP contribution in [-0.2, 0) is 9.59 Å². The minimum absolute atomic E-state index is 0.645. The van der Waals surface area contributed by atoms with Crippen molar-refractivity contribution in [1.29, 1.82) is 0 Å². The van der Waals surface area contributed by atoms with Gasteiger partial charge in [-0.25, -0.2) is 4.79 Å². The molecule has 0 bridgehead atoms. The van der Waals surface area contributed by atoms with E-state index in [9.17, 15) is 14.4 Å². The van der Waals surface area contributed by atoms with Gasteiger partial charge in [0.05, 0.1) is 0 Å². The normalized spacial score (nSPS) is 18.7. The Morgan fingerprint density at radius 2 is 1.08 bits per heavy atom. The number of amides is 4. The molecule has 0 unspecified atom stereocenters. The van der Waals surface area contributed by atoms with E-state index in [1.165, 1.54) is 11.8 Å². The van der Waals surface area contributed by atoms with Gasteiger partial charge in [0.25, 0.3) is 11.8 Å². The van der Waals surface area contributed by atoms with E-state index < -0.39 is 23.3 Å². The first kappa shape index (κ1) is 16.4. The molecule has 2 aliphatic rings. The Hall–Kier alpha value is -3.12. The van der Waals surface area contributed by atoms with Crippen LogP contribution in [0.4, 0.5) is 4.79 Å². The Labute approximate surface area is 154 Å². The second kappa shape index (κ2) is 6.31. The number of carbonyl (C=O) groups excluding carboxylic acids is 3. The Kier molecular flexibility index (Phi) is 3.97. The highest BCUT2D eigenvalue weighted by Gasteiger charge is 2.49. The smallest absolute Gasteiger partial charge is 0.276 e. The van der Waals surface area contributed by atoms with Crippen LogP contribution in [0.3, 0.4) is 0 Å². The monoisotopic (exact) mass is 362 g/mol. The summed E-state index contributed by atoms with van der Waals surface area (Å²) >= 11 is 1.49. The summed E-state index contributed by atoms with van der Waals surface area (Å²) in [4.78, 5) is 38.4. The van der Waals surface area contributed by atoms with Crippen LogP contribution in [0.2, 0.25) is 0 Å². The van der Waals surface area contributed by atoms with E-state index in [0.717, 1.165) is 20.9 Å². The number of carbonyl (C=O) groups is 3. The Morgan fingerprint density at radius 3 is 1.50 bits per heavy atom. The van der Waals surface area contributed by atoms with Gasteiger partial charge < -0.3 is 0 Å². The molecule has 2 aliphatic heterocycles. The Morgan fingerprint density at radius 1 is 0.654 bits per heavy atom. The number of urea groups is 1. The highest BCUT2D eigenvalue weighted by Crippen LogP contribution is 2.48. The summed E-state index contributed by atoms with van der Waals surface area (Å²) in [6.45, 7) is 0. The first-order chi connectivity index (χ1) is 12.6. The van der Waals surface area contributed by atoms with Crippen LogP contribution in [0.15, 0.2) is 72.8 Å². The molecule has 0 atom stereocenters. The van der Waals surface area contributed by atoms with Crippen molar-refractivity contribution in [1.82, 2.24) is 10.6 Å². The molecule has 5 nitrogen and oxygen atoms in total. The molecule has 2 aromatic rings. The number of imide groups is 2. The molecule has 1 fully saturated rings. The Balaban J connectivity index is 1.89. The Bertz CT molecular complexity index is 888. The van der Waals surface area contributed by atoms with Crippen LogP contribution in [0.25, 0.3) is 9.81 Å². The van der Waals surface area contributed by atoms with E-state index in [1.807, 2.05) is 60.7 Å². The molecule has 6 heteroatoms. The molecule has 26 heavy (non-hydrogen) atoms. The van der Waals surface area contributed by atoms with Gasteiger partial charge in [-0.15, -0.1) is 0 Å². The molecular formula is C20H14N2O3S. The first-order valence-corrected chi connectivity index (χ1v) is 8.81. The fourth-order valence-electron chi connectivity index (χ4n) is 2.93. The number of benzene rings is 2. The lowest BCUT2D eigenvalue weighted by Crippen LogP contribution is -2.61. The highest BCUT2D eigenvalue weighted by atomic mass is 32.2. The lowest BCUT2D eigenvalue weighted by Gasteiger charge is -2.33. The predicted molar refractivity (Wildman–Crippen MR) is 101 cm³/mol.